The standard InChI is InChI=1S/C12H20N4O/c1-4-9-5-11(15(3)14-9)12(17)16-6-8(2)10(13)7-16/h5,8,10H,4,6-7,13H2,1-3H3. The summed E-state index contributed by atoms with van der Waals surface area (Å²) in [5.41, 5.74) is 7.54. The molecular weight excluding hydrogens is 216 g/mol. The Bertz CT molecular complexity index is 416. The summed E-state index contributed by atoms with van der Waals surface area (Å²) in [7, 11) is 1.81. The topological polar surface area (TPSA) is 64.2 Å². The highest BCUT2D eigenvalue weighted by atomic mass is 16.2. The van der Waals surface area contributed by atoms with Gasteiger partial charge in [-0.3, -0.25) is 9.48 Å². The average molecular weight is 236 g/mol. The SMILES string of the molecule is CCc1cc(C(=O)N2CC(C)C(N)C2)n(C)n1. The van der Waals surface area contributed by atoms with Gasteiger partial charge >= 0.3 is 0 Å². The van der Waals surface area contributed by atoms with E-state index in [-0.39, 0.29) is 11.9 Å². The Morgan fingerprint density at radius 3 is 2.76 bits per heavy atom. The molecule has 0 saturated carbocycles. The van der Waals surface area contributed by atoms with Gasteiger partial charge in [0.25, 0.3) is 5.91 Å². The van der Waals surface area contributed by atoms with Crippen molar-refractivity contribution < 1.29 is 4.79 Å². The van der Waals surface area contributed by atoms with Crippen molar-refractivity contribution in [3.8, 4) is 0 Å². The number of aromatic nitrogens is 2. The Hall–Kier alpha value is -1.36. The fourth-order valence-electron chi connectivity index (χ4n) is 2.22. The summed E-state index contributed by atoms with van der Waals surface area (Å²) in [6.07, 6.45) is 0.844. The van der Waals surface area contributed by atoms with Crippen LogP contribution in [0.3, 0.4) is 0 Å². The minimum atomic E-state index is 0.0412. The van der Waals surface area contributed by atoms with Crippen LogP contribution in [0.2, 0.25) is 0 Å². The summed E-state index contributed by atoms with van der Waals surface area (Å²) in [6.45, 7) is 5.50. The average Bonchev–Trinajstić information content (AvgIpc) is 2.82. The first kappa shape index (κ1) is 12.1. The maximum atomic E-state index is 12.3. The summed E-state index contributed by atoms with van der Waals surface area (Å²) in [5, 5.41) is 4.30. The van der Waals surface area contributed by atoms with E-state index in [0.717, 1.165) is 18.7 Å². The lowest BCUT2D eigenvalue weighted by atomic mass is 10.1. The molecule has 1 aliphatic heterocycles. The molecule has 1 saturated heterocycles. The molecule has 1 aromatic rings. The van der Waals surface area contributed by atoms with Crippen LogP contribution in [0.25, 0.3) is 0 Å². The molecule has 0 radical (unpaired) electrons. The predicted octanol–water partition coefficient (Wildman–Crippen LogP) is 0.402. The van der Waals surface area contributed by atoms with Gasteiger partial charge in [0, 0.05) is 26.2 Å². The van der Waals surface area contributed by atoms with E-state index in [1.807, 2.05) is 24.9 Å². The summed E-state index contributed by atoms with van der Waals surface area (Å²) >= 11 is 0. The number of nitrogens with two attached hydrogens (primary N) is 1. The Kier molecular flexibility index (Phi) is 3.19. The maximum absolute atomic E-state index is 12.3. The number of rotatable bonds is 2. The van der Waals surface area contributed by atoms with Gasteiger partial charge < -0.3 is 10.6 Å². The number of hydrogen-bond donors (Lipinski definition) is 1. The van der Waals surface area contributed by atoms with Crippen LogP contribution in [0.4, 0.5) is 0 Å². The molecule has 1 aliphatic rings. The summed E-state index contributed by atoms with van der Waals surface area (Å²) in [5.74, 6) is 0.414. The summed E-state index contributed by atoms with van der Waals surface area (Å²) in [4.78, 5) is 14.1. The molecule has 2 N–H and O–H groups in total. The van der Waals surface area contributed by atoms with E-state index in [1.54, 1.807) is 4.68 Å². The Morgan fingerprint density at radius 2 is 2.29 bits per heavy atom. The number of aryl methyl sites for hydroxylation is 2. The molecule has 94 valence electrons. The van der Waals surface area contributed by atoms with Crippen molar-refractivity contribution >= 4 is 5.91 Å². The number of carbonyl (C=O) groups is 1. The van der Waals surface area contributed by atoms with Crippen molar-refractivity contribution in [2.24, 2.45) is 18.7 Å². The Labute approximate surface area is 102 Å². The third-order valence-corrected chi connectivity index (χ3v) is 3.47. The van der Waals surface area contributed by atoms with Crippen LogP contribution in [0, 0.1) is 5.92 Å². The maximum Gasteiger partial charge on any atom is 0.272 e. The fraction of sp³-hybridized carbons (Fsp3) is 0.667. The molecule has 0 aliphatic carbocycles. The zero-order chi connectivity index (χ0) is 12.6. The molecule has 5 heteroatoms. The van der Waals surface area contributed by atoms with Gasteiger partial charge in [0.1, 0.15) is 5.69 Å². The van der Waals surface area contributed by atoms with E-state index in [9.17, 15) is 4.79 Å². The third-order valence-electron chi connectivity index (χ3n) is 3.47. The van der Waals surface area contributed by atoms with Crippen molar-refractivity contribution in [2.45, 2.75) is 26.3 Å². The quantitative estimate of drug-likeness (QED) is 0.808. The molecule has 0 spiro atoms. The molecule has 0 bridgehead atoms. The molecule has 5 nitrogen and oxygen atoms in total. The van der Waals surface area contributed by atoms with Crippen LogP contribution in [-0.2, 0) is 13.5 Å². The van der Waals surface area contributed by atoms with Gasteiger partial charge in [0.2, 0.25) is 0 Å². The molecule has 1 amide bonds. The smallest absolute Gasteiger partial charge is 0.272 e. The van der Waals surface area contributed by atoms with E-state index >= 15 is 0 Å². The second kappa shape index (κ2) is 4.49. The van der Waals surface area contributed by atoms with Crippen LogP contribution < -0.4 is 5.73 Å². The van der Waals surface area contributed by atoms with Gasteiger partial charge in [-0.05, 0) is 18.4 Å². The normalized spacial score (nSPS) is 24.4. The van der Waals surface area contributed by atoms with Gasteiger partial charge in [0.15, 0.2) is 0 Å². The van der Waals surface area contributed by atoms with Crippen LogP contribution in [-0.4, -0.2) is 39.7 Å². The molecular formula is C12H20N4O. The third kappa shape index (κ3) is 2.20. The van der Waals surface area contributed by atoms with E-state index < -0.39 is 0 Å². The van der Waals surface area contributed by atoms with Crippen LogP contribution in [0.15, 0.2) is 6.07 Å². The van der Waals surface area contributed by atoms with Crippen molar-refractivity contribution in [1.82, 2.24) is 14.7 Å². The zero-order valence-electron chi connectivity index (χ0n) is 10.7. The number of nitrogens with zero attached hydrogens (tertiary/aromatic N) is 3. The summed E-state index contributed by atoms with van der Waals surface area (Å²) in [6, 6.07) is 1.97. The number of likely N-dealkylation sites (tertiary alicyclic amines) is 1. The fourth-order valence-corrected chi connectivity index (χ4v) is 2.22. The van der Waals surface area contributed by atoms with E-state index in [4.69, 9.17) is 5.73 Å². The van der Waals surface area contributed by atoms with Gasteiger partial charge in [0.05, 0.1) is 5.69 Å². The summed E-state index contributed by atoms with van der Waals surface area (Å²) < 4.78 is 1.66. The molecule has 1 fully saturated rings. The van der Waals surface area contributed by atoms with Crippen LogP contribution in [0.5, 0.6) is 0 Å². The second-order valence-electron chi connectivity index (χ2n) is 4.85. The van der Waals surface area contributed by atoms with Crippen LogP contribution in [0.1, 0.15) is 30.0 Å². The monoisotopic (exact) mass is 236 g/mol. The number of amides is 1. The largest absolute Gasteiger partial charge is 0.335 e. The molecule has 2 atom stereocenters. The lowest BCUT2D eigenvalue weighted by molar-refractivity contribution is 0.0776. The predicted molar refractivity (Wildman–Crippen MR) is 65.6 cm³/mol. The minimum absolute atomic E-state index is 0.0412. The van der Waals surface area contributed by atoms with E-state index in [1.165, 1.54) is 0 Å². The molecule has 1 aromatic heterocycles. The van der Waals surface area contributed by atoms with Crippen molar-refractivity contribution in [3.05, 3.63) is 17.5 Å². The first-order chi connectivity index (χ1) is 8.02. The van der Waals surface area contributed by atoms with Crippen molar-refractivity contribution in [3.63, 3.8) is 0 Å². The van der Waals surface area contributed by atoms with Gasteiger partial charge in [-0.1, -0.05) is 13.8 Å². The van der Waals surface area contributed by atoms with Crippen molar-refractivity contribution in [1.29, 1.82) is 0 Å². The second-order valence-corrected chi connectivity index (χ2v) is 4.85. The van der Waals surface area contributed by atoms with Gasteiger partial charge in [-0.25, -0.2) is 0 Å². The first-order valence-corrected chi connectivity index (χ1v) is 6.10. The molecule has 17 heavy (non-hydrogen) atoms. The van der Waals surface area contributed by atoms with E-state index in [0.29, 0.717) is 18.2 Å². The minimum Gasteiger partial charge on any atom is -0.335 e. The number of carbonyl (C=O) groups excluding carboxylic acids is 1. The highest BCUT2D eigenvalue weighted by molar-refractivity contribution is 5.93. The zero-order valence-corrected chi connectivity index (χ0v) is 10.7. The number of hydrogen-bond acceptors (Lipinski definition) is 3. The highest BCUT2D eigenvalue weighted by Gasteiger charge is 2.31. The first-order valence-electron chi connectivity index (χ1n) is 6.10. The lowest BCUT2D eigenvalue weighted by Crippen LogP contribution is -2.33. The van der Waals surface area contributed by atoms with Gasteiger partial charge in [-0.15, -0.1) is 0 Å². The lowest BCUT2D eigenvalue weighted by Gasteiger charge is -2.15. The highest BCUT2D eigenvalue weighted by Crippen LogP contribution is 2.17. The van der Waals surface area contributed by atoms with Crippen LogP contribution >= 0.6 is 0 Å². The Balaban J connectivity index is 2.17. The molecule has 2 rings (SSSR count). The molecule has 0 aromatic carbocycles. The molecule has 2 unspecified atom stereocenters. The molecule has 2 heterocycles. The van der Waals surface area contributed by atoms with Gasteiger partial charge in [-0.2, -0.15) is 5.10 Å². The van der Waals surface area contributed by atoms with E-state index in [2.05, 4.69) is 12.0 Å². The van der Waals surface area contributed by atoms with Crippen molar-refractivity contribution in [2.75, 3.05) is 13.1 Å². The Morgan fingerprint density at radius 1 is 1.59 bits per heavy atom.